The van der Waals surface area contributed by atoms with Gasteiger partial charge < -0.3 is 11.1 Å². The van der Waals surface area contributed by atoms with Crippen molar-refractivity contribution in [2.24, 2.45) is 11.8 Å². The zero-order chi connectivity index (χ0) is 14.8. The number of halogens is 4. The second-order valence-electron chi connectivity index (χ2n) is 5.18. The van der Waals surface area contributed by atoms with E-state index in [0.717, 1.165) is 0 Å². The predicted molar refractivity (Wildman–Crippen MR) is 78.2 cm³/mol. The molecule has 1 amide bonds. The molecule has 1 aliphatic rings. The zero-order valence-electron chi connectivity index (χ0n) is 11.3. The summed E-state index contributed by atoms with van der Waals surface area (Å²) >= 11 is 0. The number of nitrogens with one attached hydrogen (secondary N) is 1. The van der Waals surface area contributed by atoms with E-state index in [2.05, 4.69) is 5.32 Å². The molecule has 21 heavy (non-hydrogen) atoms. The molecule has 0 heterocycles. The third-order valence-electron chi connectivity index (χ3n) is 3.73. The topological polar surface area (TPSA) is 55.1 Å². The first kappa shape index (κ1) is 17.6. The molecule has 0 saturated heterocycles. The lowest BCUT2D eigenvalue weighted by Gasteiger charge is -2.29. The molecule has 1 aromatic rings. The van der Waals surface area contributed by atoms with Gasteiger partial charge in [0.1, 0.15) is 0 Å². The molecule has 1 aromatic carbocycles. The van der Waals surface area contributed by atoms with E-state index in [-0.39, 0.29) is 31.2 Å². The summed E-state index contributed by atoms with van der Waals surface area (Å²) in [6.07, 6.45) is -3.33. The zero-order valence-corrected chi connectivity index (χ0v) is 12.1. The van der Waals surface area contributed by atoms with Crippen LogP contribution in [0, 0.1) is 11.8 Å². The minimum absolute atomic E-state index is 0. The number of alkyl halides is 3. The molecule has 1 aliphatic carbocycles. The molecular weight excluding hydrogens is 305 g/mol. The number of rotatable bonds is 2. The van der Waals surface area contributed by atoms with Gasteiger partial charge in [-0.2, -0.15) is 13.2 Å². The molecule has 3 nitrogen and oxygen atoms in total. The molecule has 0 bridgehead atoms. The van der Waals surface area contributed by atoms with Crippen molar-refractivity contribution < 1.29 is 18.0 Å². The van der Waals surface area contributed by atoms with Gasteiger partial charge in [0.05, 0.1) is 17.3 Å². The fourth-order valence-corrected chi connectivity index (χ4v) is 2.57. The van der Waals surface area contributed by atoms with Crippen LogP contribution in [0.5, 0.6) is 0 Å². The summed E-state index contributed by atoms with van der Waals surface area (Å²) in [5.41, 5.74) is 6.56. The summed E-state index contributed by atoms with van der Waals surface area (Å²) in [5, 5.41) is 2.62. The van der Waals surface area contributed by atoms with Gasteiger partial charge in [-0.3, -0.25) is 4.79 Å². The molecule has 0 radical (unpaired) electrons. The lowest BCUT2D eigenvalue weighted by atomic mass is 9.80. The standard InChI is InChI=1S/C14H17F3N2O.ClH/c15-14(16,17)10-5-3-4-9(8-10)13(20)19-12-7-2-1-6-11(12)18;/h1-2,6-7,9-10H,3-5,8,18H2,(H,19,20);1H. The Hall–Kier alpha value is -1.43. The summed E-state index contributed by atoms with van der Waals surface area (Å²) in [4.78, 5) is 12.1. The number of benzene rings is 1. The second kappa shape index (κ2) is 7.02. The third kappa shape index (κ3) is 4.52. The maximum atomic E-state index is 12.7. The molecule has 0 spiro atoms. The maximum Gasteiger partial charge on any atom is 0.391 e. The van der Waals surface area contributed by atoms with Gasteiger partial charge in [0, 0.05) is 5.92 Å². The average Bonchev–Trinajstić information content (AvgIpc) is 2.40. The minimum atomic E-state index is -4.22. The van der Waals surface area contributed by atoms with Crippen LogP contribution in [0.3, 0.4) is 0 Å². The van der Waals surface area contributed by atoms with Gasteiger partial charge in [-0.05, 0) is 31.4 Å². The normalized spacial score (nSPS) is 22.2. The van der Waals surface area contributed by atoms with Gasteiger partial charge in [-0.1, -0.05) is 18.6 Å². The van der Waals surface area contributed by atoms with E-state index < -0.39 is 18.0 Å². The van der Waals surface area contributed by atoms with Crippen molar-refractivity contribution in [1.82, 2.24) is 0 Å². The molecule has 0 aromatic heterocycles. The number of carbonyl (C=O) groups excluding carboxylic acids is 1. The second-order valence-corrected chi connectivity index (χ2v) is 5.18. The Morgan fingerprint density at radius 1 is 1.24 bits per heavy atom. The Morgan fingerprint density at radius 3 is 2.52 bits per heavy atom. The Morgan fingerprint density at radius 2 is 1.90 bits per heavy atom. The summed E-state index contributed by atoms with van der Waals surface area (Å²) in [6, 6.07) is 6.71. The molecule has 3 N–H and O–H groups in total. The highest BCUT2D eigenvalue weighted by molar-refractivity contribution is 5.95. The summed E-state index contributed by atoms with van der Waals surface area (Å²) in [6.45, 7) is 0. The Labute approximate surface area is 127 Å². The quantitative estimate of drug-likeness (QED) is 0.809. The number of nitrogens with two attached hydrogens (primary N) is 1. The van der Waals surface area contributed by atoms with Crippen LogP contribution in [-0.2, 0) is 4.79 Å². The van der Waals surface area contributed by atoms with Gasteiger partial charge in [-0.25, -0.2) is 0 Å². The van der Waals surface area contributed by atoms with Crippen LogP contribution in [0.1, 0.15) is 25.7 Å². The van der Waals surface area contributed by atoms with Crippen molar-refractivity contribution in [2.45, 2.75) is 31.9 Å². The fourth-order valence-electron chi connectivity index (χ4n) is 2.57. The van der Waals surface area contributed by atoms with Crippen LogP contribution in [0.2, 0.25) is 0 Å². The van der Waals surface area contributed by atoms with E-state index in [1.807, 2.05) is 0 Å². The van der Waals surface area contributed by atoms with Crippen molar-refractivity contribution in [3.63, 3.8) is 0 Å². The van der Waals surface area contributed by atoms with E-state index in [1.54, 1.807) is 24.3 Å². The fraction of sp³-hybridized carbons (Fsp3) is 0.500. The van der Waals surface area contributed by atoms with E-state index in [0.29, 0.717) is 24.2 Å². The van der Waals surface area contributed by atoms with Gasteiger partial charge in [0.15, 0.2) is 0 Å². The summed E-state index contributed by atoms with van der Waals surface area (Å²) in [7, 11) is 0. The first-order valence-corrected chi connectivity index (χ1v) is 6.60. The third-order valence-corrected chi connectivity index (χ3v) is 3.73. The molecule has 118 valence electrons. The van der Waals surface area contributed by atoms with E-state index in [9.17, 15) is 18.0 Å². The molecular formula is C14H18ClF3N2O. The minimum Gasteiger partial charge on any atom is -0.397 e. The van der Waals surface area contributed by atoms with Gasteiger partial charge in [0.25, 0.3) is 0 Å². The largest absolute Gasteiger partial charge is 0.397 e. The van der Waals surface area contributed by atoms with Crippen molar-refractivity contribution in [2.75, 3.05) is 11.1 Å². The molecule has 2 unspecified atom stereocenters. The van der Waals surface area contributed by atoms with Crippen LogP contribution >= 0.6 is 12.4 Å². The summed E-state index contributed by atoms with van der Waals surface area (Å²) in [5.74, 6) is -2.35. The van der Waals surface area contributed by atoms with E-state index >= 15 is 0 Å². The Kier molecular flexibility index (Phi) is 5.89. The molecule has 0 aliphatic heterocycles. The maximum absolute atomic E-state index is 12.7. The van der Waals surface area contributed by atoms with Crippen LogP contribution in [0.4, 0.5) is 24.5 Å². The number of para-hydroxylation sites is 2. The number of carbonyl (C=O) groups is 1. The lowest BCUT2D eigenvalue weighted by Crippen LogP contribution is -2.34. The van der Waals surface area contributed by atoms with Crippen molar-refractivity contribution in [1.29, 1.82) is 0 Å². The number of amides is 1. The van der Waals surface area contributed by atoms with Crippen LogP contribution in [-0.4, -0.2) is 12.1 Å². The van der Waals surface area contributed by atoms with Gasteiger partial charge in [0.2, 0.25) is 5.91 Å². The molecule has 7 heteroatoms. The van der Waals surface area contributed by atoms with E-state index in [1.165, 1.54) is 0 Å². The van der Waals surface area contributed by atoms with Crippen molar-refractivity contribution >= 4 is 29.7 Å². The number of anilines is 2. The number of hydrogen-bond donors (Lipinski definition) is 2. The Balaban J connectivity index is 0.00000220. The predicted octanol–water partition coefficient (Wildman–Crippen LogP) is 4.00. The first-order valence-electron chi connectivity index (χ1n) is 6.60. The monoisotopic (exact) mass is 322 g/mol. The first-order chi connectivity index (χ1) is 9.38. The average molecular weight is 323 g/mol. The number of nitrogen functional groups attached to an aromatic ring is 1. The van der Waals surface area contributed by atoms with Gasteiger partial charge >= 0.3 is 6.18 Å². The lowest BCUT2D eigenvalue weighted by molar-refractivity contribution is -0.185. The highest BCUT2D eigenvalue weighted by atomic mass is 35.5. The van der Waals surface area contributed by atoms with Crippen molar-refractivity contribution in [3.8, 4) is 0 Å². The summed E-state index contributed by atoms with van der Waals surface area (Å²) < 4.78 is 38.2. The SMILES string of the molecule is Cl.Nc1ccccc1NC(=O)C1CCCC(C(F)(F)F)C1. The molecule has 1 saturated carbocycles. The Bertz CT molecular complexity index is 493. The van der Waals surface area contributed by atoms with E-state index in [4.69, 9.17) is 5.73 Å². The molecule has 2 rings (SSSR count). The highest BCUT2D eigenvalue weighted by Crippen LogP contribution is 2.40. The highest BCUT2D eigenvalue weighted by Gasteiger charge is 2.43. The van der Waals surface area contributed by atoms with Crippen LogP contribution in [0.25, 0.3) is 0 Å². The smallest absolute Gasteiger partial charge is 0.391 e. The molecule has 2 atom stereocenters. The van der Waals surface area contributed by atoms with Crippen LogP contribution in [0.15, 0.2) is 24.3 Å². The van der Waals surface area contributed by atoms with Crippen molar-refractivity contribution in [3.05, 3.63) is 24.3 Å². The molecule has 1 fully saturated rings. The van der Waals surface area contributed by atoms with Crippen LogP contribution < -0.4 is 11.1 Å². The number of hydrogen-bond acceptors (Lipinski definition) is 2. The van der Waals surface area contributed by atoms with Gasteiger partial charge in [-0.15, -0.1) is 12.4 Å².